The van der Waals surface area contributed by atoms with Crippen LogP contribution in [0.2, 0.25) is 0 Å². The Kier molecular flexibility index (Phi) is 3.85. The van der Waals surface area contributed by atoms with Crippen molar-refractivity contribution < 1.29 is 14.3 Å². The molecular weight excluding hydrogens is 268 g/mol. The largest absolute Gasteiger partial charge is 0.367 e. The minimum absolute atomic E-state index is 0.00292. The molecule has 1 aliphatic heterocycles. The topological polar surface area (TPSA) is 62.4 Å². The van der Waals surface area contributed by atoms with Crippen LogP contribution >= 0.6 is 0 Å². The summed E-state index contributed by atoms with van der Waals surface area (Å²) in [5.74, 6) is 0.606. The van der Waals surface area contributed by atoms with Crippen LogP contribution in [0.5, 0.6) is 0 Å². The summed E-state index contributed by atoms with van der Waals surface area (Å²) in [5.41, 5.74) is 1.67. The van der Waals surface area contributed by atoms with E-state index in [1.54, 1.807) is 11.1 Å². The molecule has 5 heteroatoms. The maximum Gasteiger partial charge on any atom is 0.255 e. The predicted molar refractivity (Wildman–Crippen MR) is 78.3 cm³/mol. The summed E-state index contributed by atoms with van der Waals surface area (Å²) < 4.78 is 5.57. The van der Waals surface area contributed by atoms with Crippen molar-refractivity contribution >= 4 is 11.7 Å². The number of hydrogen-bond donors (Lipinski definition) is 1. The van der Waals surface area contributed by atoms with Crippen LogP contribution in [0.15, 0.2) is 12.3 Å². The lowest BCUT2D eigenvalue weighted by molar-refractivity contribution is -0.136. The van der Waals surface area contributed by atoms with Crippen LogP contribution in [-0.4, -0.2) is 47.4 Å². The fourth-order valence-corrected chi connectivity index (χ4v) is 2.85. The highest BCUT2D eigenvalue weighted by Gasteiger charge is 2.38. The second kappa shape index (κ2) is 5.64. The van der Waals surface area contributed by atoms with Gasteiger partial charge in [0.15, 0.2) is 5.78 Å². The van der Waals surface area contributed by atoms with Gasteiger partial charge in [-0.3, -0.25) is 9.59 Å². The summed E-state index contributed by atoms with van der Waals surface area (Å²) in [6.07, 6.45) is 3.32. The van der Waals surface area contributed by atoms with Crippen molar-refractivity contribution in [3.8, 4) is 0 Å². The second-order valence-corrected chi connectivity index (χ2v) is 6.25. The number of carbonyl (C=O) groups excluding carboxylic acids is 2. The molecular formula is C16H22N2O3. The predicted octanol–water partition coefficient (Wildman–Crippen LogP) is 1.96. The van der Waals surface area contributed by atoms with Crippen LogP contribution in [0.4, 0.5) is 0 Å². The van der Waals surface area contributed by atoms with E-state index in [1.165, 1.54) is 0 Å². The maximum atomic E-state index is 12.7. The zero-order valence-electron chi connectivity index (χ0n) is 12.6. The minimum Gasteiger partial charge on any atom is -0.367 e. The monoisotopic (exact) mass is 290 g/mol. The molecule has 1 unspecified atom stereocenters. The molecule has 1 aromatic heterocycles. The minimum atomic E-state index is -0.434. The molecule has 1 saturated heterocycles. The molecule has 1 atom stereocenters. The Morgan fingerprint density at radius 3 is 2.81 bits per heavy atom. The highest BCUT2D eigenvalue weighted by Crippen LogP contribution is 2.32. The first-order valence-corrected chi connectivity index (χ1v) is 7.69. The standard InChI is InChI=1S/C16H22N2O3/c1-10(2)14-12(5-6-17-14)16(20)18-7-8-21-13(9-18)15(19)11-3-4-11/h5-6,10-11,13,17H,3-4,7-9H2,1-2H3. The smallest absolute Gasteiger partial charge is 0.255 e. The average Bonchev–Trinajstić information content (AvgIpc) is 3.22. The molecule has 1 aliphatic carbocycles. The molecule has 3 rings (SSSR count). The molecule has 0 bridgehead atoms. The van der Waals surface area contributed by atoms with Gasteiger partial charge in [-0.05, 0) is 24.8 Å². The third-order valence-corrected chi connectivity index (χ3v) is 4.24. The van der Waals surface area contributed by atoms with Gasteiger partial charge in [0.2, 0.25) is 0 Å². The first-order chi connectivity index (χ1) is 10.1. The van der Waals surface area contributed by atoms with Gasteiger partial charge in [0.1, 0.15) is 6.10 Å². The summed E-state index contributed by atoms with van der Waals surface area (Å²) in [6.45, 7) is 5.49. The third kappa shape index (κ3) is 2.88. The number of nitrogens with one attached hydrogen (secondary N) is 1. The number of rotatable bonds is 4. The Labute approximate surface area is 124 Å². The third-order valence-electron chi connectivity index (χ3n) is 4.24. The van der Waals surface area contributed by atoms with Gasteiger partial charge in [-0.2, -0.15) is 0 Å². The number of Topliss-reactive ketones (excluding diaryl/α,β-unsaturated/α-hetero) is 1. The lowest BCUT2D eigenvalue weighted by Crippen LogP contribution is -2.49. The lowest BCUT2D eigenvalue weighted by atomic mass is 10.0. The Hall–Kier alpha value is -1.62. The Morgan fingerprint density at radius 2 is 2.14 bits per heavy atom. The summed E-state index contributed by atoms with van der Waals surface area (Å²) in [4.78, 5) is 29.7. The van der Waals surface area contributed by atoms with Gasteiger partial charge in [0.05, 0.1) is 18.7 Å². The van der Waals surface area contributed by atoms with E-state index in [0.717, 1.165) is 18.5 Å². The molecule has 0 aromatic carbocycles. The Balaban J connectivity index is 1.71. The fraction of sp³-hybridized carbons (Fsp3) is 0.625. The summed E-state index contributed by atoms with van der Waals surface area (Å²) in [6, 6.07) is 1.82. The first-order valence-electron chi connectivity index (χ1n) is 7.69. The van der Waals surface area contributed by atoms with Gasteiger partial charge in [-0.25, -0.2) is 0 Å². The molecule has 1 aromatic rings. The number of H-pyrrole nitrogens is 1. The second-order valence-electron chi connectivity index (χ2n) is 6.25. The molecule has 21 heavy (non-hydrogen) atoms. The number of carbonyl (C=O) groups is 2. The van der Waals surface area contributed by atoms with Crippen LogP contribution in [0, 0.1) is 5.92 Å². The number of hydrogen-bond acceptors (Lipinski definition) is 3. The van der Waals surface area contributed by atoms with Crippen molar-refractivity contribution in [1.29, 1.82) is 0 Å². The van der Waals surface area contributed by atoms with E-state index in [1.807, 2.05) is 6.07 Å². The van der Waals surface area contributed by atoms with E-state index in [-0.39, 0.29) is 23.5 Å². The van der Waals surface area contributed by atoms with E-state index in [4.69, 9.17) is 4.74 Å². The van der Waals surface area contributed by atoms with E-state index in [0.29, 0.717) is 25.3 Å². The molecule has 1 N–H and O–H groups in total. The molecule has 2 heterocycles. The molecule has 114 valence electrons. The number of aromatic amines is 1. The van der Waals surface area contributed by atoms with E-state index in [9.17, 15) is 9.59 Å². The average molecular weight is 290 g/mol. The van der Waals surface area contributed by atoms with E-state index in [2.05, 4.69) is 18.8 Å². The fourth-order valence-electron chi connectivity index (χ4n) is 2.85. The van der Waals surface area contributed by atoms with Gasteiger partial charge in [0, 0.05) is 24.4 Å². The number of amides is 1. The molecule has 2 fully saturated rings. The number of aromatic nitrogens is 1. The van der Waals surface area contributed by atoms with Crippen molar-refractivity contribution in [2.24, 2.45) is 5.92 Å². The van der Waals surface area contributed by atoms with E-state index >= 15 is 0 Å². The normalized spacial score (nSPS) is 22.6. The first kappa shape index (κ1) is 14.3. The van der Waals surface area contributed by atoms with Crippen molar-refractivity contribution in [2.45, 2.75) is 38.7 Å². The van der Waals surface area contributed by atoms with Gasteiger partial charge in [-0.15, -0.1) is 0 Å². The Bertz CT molecular complexity index is 545. The molecule has 1 saturated carbocycles. The van der Waals surface area contributed by atoms with Gasteiger partial charge in [-0.1, -0.05) is 13.8 Å². The SMILES string of the molecule is CC(C)c1[nH]ccc1C(=O)N1CCOC(C(=O)C2CC2)C1. The zero-order chi connectivity index (χ0) is 15.0. The number of ether oxygens (including phenoxy) is 1. The van der Waals surface area contributed by atoms with Crippen LogP contribution in [0.25, 0.3) is 0 Å². The molecule has 0 spiro atoms. The highest BCUT2D eigenvalue weighted by molar-refractivity contribution is 5.96. The van der Waals surface area contributed by atoms with E-state index < -0.39 is 6.10 Å². The van der Waals surface area contributed by atoms with Crippen LogP contribution in [0.3, 0.4) is 0 Å². The molecule has 1 amide bonds. The summed E-state index contributed by atoms with van der Waals surface area (Å²) >= 11 is 0. The molecule has 0 radical (unpaired) electrons. The summed E-state index contributed by atoms with van der Waals surface area (Å²) in [7, 11) is 0. The molecule has 2 aliphatic rings. The highest BCUT2D eigenvalue weighted by atomic mass is 16.5. The van der Waals surface area contributed by atoms with Crippen LogP contribution in [-0.2, 0) is 9.53 Å². The van der Waals surface area contributed by atoms with Crippen LogP contribution < -0.4 is 0 Å². The maximum absolute atomic E-state index is 12.7. The lowest BCUT2D eigenvalue weighted by Gasteiger charge is -2.32. The number of nitrogens with zero attached hydrogens (tertiary/aromatic N) is 1. The van der Waals surface area contributed by atoms with Gasteiger partial charge in [0.25, 0.3) is 5.91 Å². The molecule has 5 nitrogen and oxygen atoms in total. The summed E-state index contributed by atoms with van der Waals surface area (Å²) in [5, 5.41) is 0. The van der Waals surface area contributed by atoms with Crippen LogP contribution in [0.1, 0.15) is 48.7 Å². The van der Waals surface area contributed by atoms with Gasteiger partial charge < -0.3 is 14.6 Å². The zero-order valence-corrected chi connectivity index (χ0v) is 12.6. The quantitative estimate of drug-likeness (QED) is 0.922. The number of morpholine rings is 1. The van der Waals surface area contributed by atoms with Gasteiger partial charge >= 0.3 is 0 Å². The number of ketones is 1. The Morgan fingerprint density at radius 1 is 1.38 bits per heavy atom. The van der Waals surface area contributed by atoms with Crippen molar-refractivity contribution in [1.82, 2.24) is 9.88 Å². The van der Waals surface area contributed by atoms with Crippen molar-refractivity contribution in [2.75, 3.05) is 19.7 Å². The van der Waals surface area contributed by atoms with Crippen molar-refractivity contribution in [3.63, 3.8) is 0 Å². The van der Waals surface area contributed by atoms with Crippen molar-refractivity contribution in [3.05, 3.63) is 23.5 Å².